The number of rotatable bonds is 19. The Kier molecular flexibility index (Phi) is 14.3. The van der Waals surface area contributed by atoms with E-state index >= 15 is 0 Å². The van der Waals surface area contributed by atoms with E-state index in [9.17, 15) is 0 Å². The largest absolute Gasteiger partial charge is 0.497 e. The first-order valence-electron chi connectivity index (χ1n) is 17.2. The molecule has 4 nitrogen and oxygen atoms in total. The molecule has 250 valence electrons. The topological polar surface area (TPSA) is 36.9 Å². The molecule has 0 aliphatic carbocycles. The SMILES string of the molecule is CCC[C@H](C[C@H](/C=C/CCCCOc1ccc(OC)cc1)O[Si](c1ccccc1)(c1ccccc1)C(C)(C)C)OCc1ccccc1. The van der Waals surface area contributed by atoms with Crippen molar-refractivity contribution >= 4 is 18.7 Å². The van der Waals surface area contributed by atoms with Crippen molar-refractivity contribution < 1.29 is 18.6 Å². The summed E-state index contributed by atoms with van der Waals surface area (Å²) in [5.41, 5.74) is 1.20. The maximum absolute atomic E-state index is 7.65. The van der Waals surface area contributed by atoms with Crippen LogP contribution in [0.3, 0.4) is 0 Å². The third-order valence-corrected chi connectivity index (χ3v) is 13.7. The van der Waals surface area contributed by atoms with Gasteiger partial charge in [0.2, 0.25) is 0 Å². The van der Waals surface area contributed by atoms with Gasteiger partial charge in [-0.3, -0.25) is 0 Å². The van der Waals surface area contributed by atoms with Crippen LogP contribution in [-0.4, -0.2) is 34.2 Å². The van der Waals surface area contributed by atoms with Crippen LogP contribution in [0.4, 0.5) is 0 Å². The molecule has 0 heterocycles. The van der Waals surface area contributed by atoms with E-state index < -0.39 is 8.32 Å². The van der Waals surface area contributed by atoms with Crippen LogP contribution in [0.2, 0.25) is 5.04 Å². The zero-order valence-electron chi connectivity index (χ0n) is 29.1. The van der Waals surface area contributed by atoms with Crippen molar-refractivity contribution in [3.8, 4) is 11.5 Å². The number of allylic oxidation sites excluding steroid dienone is 1. The summed E-state index contributed by atoms with van der Waals surface area (Å²) in [6.07, 6.45) is 10.5. The maximum Gasteiger partial charge on any atom is 0.261 e. The second kappa shape index (κ2) is 18.6. The van der Waals surface area contributed by atoms with Gasteiger partial charge in [0.15, 0.2) is 0 Å². The molecule has 0 amide bonds. The summed E-state index contributed by atoms with van der Waals surface area (Å²) in [6.45, 7) is 10.6. The van der Waals surface area contributed by atoms with Crippen LogP contribution >= 0.6 is 0 Å². The molecule has 0 saturated heterocycles. The fraction of sp³-hybridized carbons (Fsp3) is 0.381. The van der Waals surface area contributed by atoms with Gasteiger partial charge in [0, 0.05) is 6.42 Å². The van der Waals surface area contributed by atoms with Crippen LogP contribution in [-0.2, 0) is 15.8 Å². The molecule has 0 spiro atoms. The van der Waals surface area contributed by atoms with Crippen molar-refractivity contribution in [3.63, 3.8) is 0 Å². The highest BCUT2D eigenvalue weighted by Gasteiger charge is 2.51. The first-order valence-corrected chi connectivity index (χ1v) is 19.1. The highest BCUT2D eigenvalue weighted by Crippen LogP contribution is 2.38. The van der Waals surface area contributed by atoms with Crippen LogP contribution in [0.15, 0.2) is 127 Å². The van der Waals surface area contributed by atoms with Crippen LogP contribution in [0.25, 0.3) is 0 Å². The molecule has 47 heavy (non-hydrogen) atoms. The second-order valence-corrected chi connectivity index (χ2v) is 17.5. The molecule has 5 heteroatoms. The first kappa shape index (κ1) is 36.2. The third-order valence-electron chi connectivity index (χ3n) is 8.62. The zero-order chi connectivity index (χ0) is 33.4. The van der Waals surface area contributed by atoms with E-state index in [-0.39, 0.29) is 17.2 Å². The predicted octanol–water partition coefficient (Wildman–Crippen LogP) is 9.52. The minimum absolute atomic E-state index is 0.0889. The van der Waals surface area contributed by atoms with E-state index in [1.807, 2.05) is 24.3 Å². The van der Waals surface area contributed by atoms with E-state index in [1.54, 1.807) is 7.11 Å². The van der Waals surface area contributed by atoms with Crippen molar-refractivity contribution in [1.82, 2.24) is 0 Å². The maximum atomic E-state index is 7.65. The van der Waals surface area contributed by atoms with Gasteiger partial charge in [0.05, 0.1) is 32.5 Å². The lowest BCUT2D eigenvalue weighted by molar-refractivity contribution is 0.0102. The normalized spacial score (nSPS) is 13.4. The van der Waals surface area contributed by atoms with Gasteiger partial charge in [0.1, 0.15) is 11.5 Å². The molecule has 0 bridgehead atoms. The number of unbranched alkanes of at least 4 members (excludes halogenated alkanes) is 2. The van der Waals surface area contributed by atoms with Crippen LogP contribution in [0.5, 0.6) is 11.5 Å². The summed E-state index contributed by atoms with van der Waals surface area (Å²) in [5.74, 6) is 1.71. The number of methoxy groups -OCH3 is 1. The minimum Gasteiger partial charge on any atom is -0.497 e. The number of benzene rings is 4. The Morgan fingerprint density at radius 1 is 0.723 bits per heavy atom. The Labute approximate surface area is 284 Å². The van der Waals surface area contributed by atoms with E-state index in [4.69, 9.17) is 18.6 Å². The standard InChI is InChI=1S/C42H54O4Si/c1-6-20-38(45-34-35-21-12-9-13-22-35)33-39(23-14-7-8-19-32-44-37-30-28-36(43-5)29-31-37)46-47(42(2,3)4,40-24-15-10-16-25-40)41-26-17-11-18-27-41/h9-18,21-31,38-39H,6-8,19-20,32-34H2,1-5H3/b23-14+/t38-,39+/m1/s1. The Balaban J connectivity index is 1.54. The average molecular weight is 651 g/mol. The molecule has 0 radical (unpaired) electrons. The van der Waals surface area contributed by atoms with Crippen molar-refractivity contribution in [1.29, 1.82) is 0 Å². The Morgan fingerprint density at radius 2 is 1.30 bits per heavy atom. The van der Waals surface area contributed by atoms with Crippen molar-refractivity contribution in [2.75, 3.05) is 13.7 Å². The summed E-state index contributed by atoms with van der Waals surface area (Å²) in [4.78, 5) is 0. The molecule has 0 aliphatic rings. The first-order chi connectivity index (χ1) is 22.9. The minimum atomic E-state index is -2.75. The quantitative estimate of drug-likeness (QED) is 0.0576. The highest BCUT2D eigenvalue weighted by molar-refractivity contribution is 6.99. The van der Waals surface area contributed by atoms with Crippen molar-refractivity contribution in [2.24, 2.45) is 0 Å². The molecule has 0 saturated carbocycles. The van der Waals surface area contributed by atoms with Gasteiger partial charge >= 0.3 is 0 Å². The number of hydrogen-bond donors (Lipinski definition) is 0. The lowest BCUT2D eigenvalue weighted by atomic mass is 10.1. The zero-order valence-corrected chi connectivity index (χ0v) is 30.1. The van der Waals surface area contributed by atoms with E-state index in [0.717, 1.165) is 50.0 Å². The Morgan fingerprint density at radius 3 is 1.85 bits per heavy atom. The molecule has 4 rings (SSSR count). The van der Waals surface area contributed by atoms with Gasteiger partial charge in [-0.05, 0) is 70.9 Å². The lowest BCUT2D eigenvalue weighted by Crippen LogP contribution is -2.67. The Hall–Kier alpha value is -3.64. The second-order valence-electron chi connectivity index (χ2n) is 13.2. The predicted molar refractivity (Wildman–Crippen MR) is 199 cm³/mol. The highest BCUT2D eigenvalue weighted by atomic mass is 28.4. The number of hydrogen-bond acceptors (Lipinski definition) is 4. The third kappa shape index (κ3) is 10.7. The summed E-state index contributed by atoms with van der Waals surface area (Å²) in [7, 11) is -1.07. The van der Waals surface area contributed by atoms with Gasteiger partial charge in [0.25, 0.3) is 8.32 Å². The molecular formula is C42H54O4Si. The van der Waals surface area contributed by atoms with Gasteiger partial charge in [-0.25, -0.2) is 0 Å². The average Bonchev–Trinajstić information content (AvgIpc) is 3.10. The molecular weight excluding hydrogens is 597 g/mol. The van der Waals surface area contributed by atoms with Crippen LogP contribution < -0.4 is 19.8 Å². The van der Waals surface area contributed by atoms with Crippen LogP contribution in [0.1, 0.15) is 71.8 Å². The van der Waals surface area contributed by atoms with E-state index in [2.05, 4.69) is 131 Å². The van der Waals surface area contributed by atoms with Gasteiger partial charge in [-0.1, -0.05) is 137 Å². The van der Waals surface area contributed by atoms with E-state index in [1.165, 1.54) is 15.9 Å². The van der Waals surface area contributed by atoms with Crippen molar-refractivity contribution in [2.45, 2.75) is 90.1 Å². The van der Waals surface area contributed by atoms with Crippen LogP contribution in [0, 0.1) is 0 Å². The molecule has 4 aromatic rings. The molecule has 0 aliphatic heterocycles. The summed E-state index contributed by atoms with van der Waals surface area (Å²) >= 11 is 0. The summed E-state index contributed by atoms with van der Waals surface area (Å²) < 4.78 is 25.5. The smallest absolute Gasteiger partial charge is 0.261 e. The molecule has 0 N–H and O–H groups in total. The van der Waals surface area contributed by atoms with E-state index in [0.29, 0.717) is 13.2 Å². The number of ether oxygens (including phenoxy) is 3. The fourth-order valence-corrected chi connectivity index (χ4v) is 10.8. The summed E-state index contributed by atoms with van der Waals surface area (Å²) in [5, 5.41) is 2.49. The van der Waals surface area contributed by atoms with Gasteiger partial charge < -0.3 is 18.6 Å². The summed E-state index contributed by atoms with van der Waals surface area (Å²) in [6, 6.07) is 40.1. The molecule has 0 aromatic heterocycles. The lowest BCUT2D eigenvalue weighted by Gasteiger charge is -2.45. The Bertz CT molecular complexity index is 1390. The molecule has 2 atom stereocenters. The monoisotopic (exact) mass is 650 g/mol. The van der Waals surface area contributed by atoms with Gasteiger partial charge in [-0.15, -0.1) is 0 Å². The van der Waals surface area contributed by atoms with Gasteiger partial charge in [-0.2, -0.15) is 0 Å². The molecule has 4 aromatic carbocycles. The fourth-order valence-electron chi connectivity index (χ4n) is 6.20. The van der Waals surface area contributed by atoms with Crippen molar-refractivity contribution in [3.05, 3.63) is 133 Å². The molecule has 0 unspecified atom stereocenters. The molecule has 0 fully saturated rings.